The maximum Gasteiger partial charge on any atom is 0.277 e. The molecule has 1 N–H and O–H groups in total. The lowest BCUT2D eigenvalue weighted by Gasteiger charge is -2.07. The molecule has 7 nitrogen and oxygen atoms in total. The fourth-order valence-corrected chi connectivity index (χ4v) is 2.65. The first-order chi connectivity index (χ1) is 12.5. The van der Waals surface area contributed by atoms with Crippen LogP contribution < -0.4 is 10.1 Å². The van der Waals surface area contributed by atoms with Crippen molar-refractivity contribution in [1.82, 2.24) is 15.5 Å². The molecule has 0 aliphatic rings. The Kier molecular flexibility index (Phi) is 8.73. The Hall–Kier alpha value is -1.77. The van der Waals surface area contributed by atoms with Gasteiger partial charge in [0.05, 0.1) is 16.9 Å². The van der Waals surface area contributed by atoms with E-state index in [1.54, 1.807) is 12.1 Å². The van der Waals surface area contributed by atoms with Gasteiger partial charge in [-0.2, -0.15) is 0 Å². The molecule has 142 valence electrons. The summed E-state index contributed by atoms with van der Waals surface area (Å²) in [6.07, 6.45) is 0.980. The highest BCUT2D eigenvalue weighted by Crippen LogP contribution is 2.24. The van der Waals surface area contributed by atoms with E-state index in [9.17, 15) is 4.79 Å². The number of carbonyl (C=O) groups is 1. The van der Waals surface area contributed by atoms with Crippen LogP contribution >= 0.6 is 23.4 Å². The predicted molar refractivity (Wildman–Crippen MR) is 99.5 cm³/mol. The number of hydrogen-bond acceptors (Lipinski definition) is 7. The summed E-state index contributed by atoms with van der Waals surface area (Å²) in [5.74, 6) is 0.977. The first kappa shape index (κ1) is 20.5. The minimum Gasteiger partial charge on any atom is -0.482 e. The van der Waals surface area contributed by atoms with E-state index in [0.29, 0.717) is 35.0 Å². The van der Waals surface area contributed by atoms with Crippen molar-refractivity contribution >= 4 is 29.3 Å². The highest BCUT2D eigenvalue weighted by Gasteiger charge is 2.11. The molecule has 0 radical (unpaired) electrons. The molecule has 0 aliphatic carbocycles. The SMILES string of the molecule is CC(C)OCCCNC(=O)CSc1nnc(COc2ccccc2Cl)o1. The van der Waals surface area contributed by atoms with Crippen molar-refractivity contribution in [3.05, 3.63) is 35.2 Å². The van der Waals surface area contributed by atoms with E-state index in [4.69, 9.17) is 25.5 Å². The molecule has 2 rings (SSSR count). The van der Waals surface area contributed by atoms with Crippen LogP contribution in [0.3, 0.4) is 0 Å². The van der Waals surface area contributed by atoms with E-state index in [-0.39, 0.29) is 24.4 Å². The number of rotatable bonds is 11. The third-order valence-electron chi connectivity index (χ3n) is 3.06. The van der Waals surface area contributed by atoms with Crippen LogP contribution in [0.2, 0.25) is 5.02 Å². The monoisotopic (exact) mass is 399 g/mol. The first-order valence-electron chi connectivity index (χ1n) is 8.25. The number of amides is 1. The van der Waals surface area contributed by atoms with E-state index in [1.165, 1.54) is 11.8 Å². The number of carbonyl (C=O) groups excluding carboxylic acids is 1. The second kappa shape index (κ2) is 11.1. The molecule has 1 amide bonds. The summed E-state index contributed by atoms with van der Waals surface area (Å²) in [4.78, 5) is 11.8. The van der Waals surface area contributed by atoms with E-state index in [0.717, 1.165) is 6.42 Å². The standard InChI is InChI=1S/C17H22ClN3O4S/c1-12(2)23-9-5-8-19-15(22)11-26-17-21-20-16(25-17)10-24-14-7-4-3-6-13(14)18/h3-4,6-7,12H,5,8-11H2,1-2H3,(H,19,22). The smallest absolute Gasteiger partial charge is 0.277 e. The lowest BCUT2D eigenvalue weighted by Crippen LogP contribution is -2.27. The molecule has 0 saturated carbocycles. The summed E-state index contributed by atoms with van der Waals surface area (Å²) in [7, 11) is 0. The molecular formula is C17H22ClN3O4S. The normalized spacial score (nSPS) is 10.9. The third kappa shape index (κ3) is 7.63. The maximum absolute atomic E-state index is 11.8. The van der Waals surface area contributed by atoms with Gasteiger partial charge in [-0.15, -0.1) is 10.2 Å². The van der Waals surface area contributed by atoms with Gasteiger partial charge in [-0.25, -0.2) is 0 Å². The molecule has 1 aromatic heterocycles. The Labute approximate surface area is 161 Å². The van der Waals surface area contributed by atoms with Crippen molar-refractivity contribution in [3.63, 3.8) is 0 Å². The summed E-state index contributed by atoms with van der Waals surface area (Å²) >= 11 is 7.19. The molecule has 0 saturated heterocycles. The van der Waals surface area contributed by atoms with Crippen LogP contribution in [-0.4, -0.2) is 41.1 Å². The quantitative estimate of drug-likeness (QED) is 0.458. The number of nitrogens with one attached hydrogen (secondary N) is 1. The summed E-state index contributed by atoms with van der Waals surface area (Å²) in [6, 6.07) is 7.13. The second-order valence-corrected chi connectivity index (χ2v) is 6.93. The van der Waals surface area contributed by atoms with E-state index < -0.39 is 0 Å². The average Bonchev–Trinajstić information content (AvgIpc) is 3.06. The molecular weight excluding hydrogens is 378 g/mol. The van der Waals surface area contributed by atoms with Crippen LogP contribution in [-0.2, 0) is 16.1 Å². The van der Waals surface area contributed by atoms with Crippen molar-refractivity contribution < 1.29 is 18.7 Å². The van der Waals surface area contributed by atoms with E-state index >= 15 is 0 Å². The molecule has 0 bridgehead atoms. The summed E-state index contributed by atoms with van der Waals surface area (Å²) in [6.45, 7) is 5.27. The largest absolute Gasteiger partial charge is 0.482 e. The fourth-order valence-electron chi connectivity index (χ4n) is 1.85. The molecule has 0 atom stereocenters. The van der Waals surface area contributed by atoms with Crippen molar-refractivity contribution in [1.29, 1.82) is 0 Å². The lowest BCUT2D eigenvalue weighted by atomic mass is 10.3. The van der Waals surface area contributed by atoms with Gasteiger partial charge >= 0.3 is 0 Å². The highest BCUT2D eigenvalue weighted by molar-refractivity contribution is 7.99. The molecule has 26 heavy (non-hydrogen) atoms. The second-order valence-electron chi connectivity index (χ2n) is 5.59. The lowest BCUT2D eigenvalue weighted by molar-refractivity contribution is -0.118. The summed E-state index contributed by atoms with van der Waals surface area (Å²) in [5.41, 5.74) is 0. The van der Waals surface area contributed by atoms with Gasteiger partial charge in [0.25, 0.3) is 11.1 Å². The van der Waals surface area contributed by atoms with Crippen molar-refractivity contribution in [2.45, 2.75) is 38.2 Å². The van der Waals surface area contributed by atoms with Gasteiger partial charge in [-0.05, 0) is 32.4 Å². The van der Waals surface area contributed by atoms with Crippen LogP contribution in [0.5, 0.6) is 5.75 Å². The number of thioether (sulfide) groups is 1. The molecule has 1 heterocycles. The zero-order valence-corrected chi connectivity index (χ0v) is 16.3. The molecule has 0 unspecified atom stereocenters. The average molecular weight is 400 g/mol. The predicted octanol–water partition coefficient (Wildman–Crippen LogP) is 3.33. The van der Waals surface area contributed by atoms with Gasteiger partial charge in [-0.3, -0.25) is 4.79 Å². The van der Waals surface area contributed by atoms with E-state index in [1.807, 2.05) is 26.0 Å². The molecule has 0 spiro atoms. The summed E-state index contributed by atoms with van der Waals surface area (Å²) in [5, 5.41) is 11.4. The van der Waals surface area contributed by atoms with Gasteiger partial charge in [0.2, 0.25) is 5.91 Å². The summed E-state index contributed by atoms with van der Waals surface area (Å²) < 4.78 is 16.4. The van der Waals surface area contributed by atoms with Crippen LogP contribution in [0.25, 0.3) is 0 Å². The molecule has 1 aromatic carbocycles. The van der Waals surface area contributed by atoms with Crippen LogP contribution in [0.4, 0.5) is 0 Å². The Balaban J connectivity index is 1.65. The number of hydrogen-bond donors (Lipinski definition) is 1. The number of para-hydroxylation sites is 1. The van der Waals surface area contributed by atoms with Crippen LogP contribution in [0, 0.1) is 0 Å². The van der Waals surface area contributed by atoms with E-state index in [2.05, 4.69) is 15.5 Å². The Morgan fingerprint density at radius 1 is 1.35 bits per heavy atom. The topological polar surface area (TPSA) is 86.5 Å². The third-order valence-corrected chi connectivity index (χ3v) is 4.19. The maximum atomic E-state index is 11.8. The number of ether oxygens (including phenoxy) is 2. The number of halogens is 1. The van der Waals surface area contributed by atoms with Gasteiger partial charge in [0, 0.05) is 13.2 Å². The zero-order chi connectivity index (χ0) is 18.8. The first-order valence-corrected chi connectivity index (χ1v) is 9.61. The van der Waals surface area contributed by atoms with Crippen molar-refractivity contribution in [2.24, 2.45) is 0 Å². The van der Waals surface area contributed by atoms with Crippen LogP contribution in [0.1, 0.15) is 26.2 Å². The zero-order valence-electron chi connectivity index (χ0n) is 14.7. The van der Waals surface area contributed by atoms with Crippen molar-refractivity contribution in [2.75, 3.05) is 18.9 Å². The fraction of sp³-hybridized carbons (Fsp3) is 0.471. The Morgan fingerprint density at radius 3 is 2.92 bits per heavy atom. The van der Waals surface area contributed by atoms with Crippen LogP contribution in [0.15, 0.2) is 33.9 Å². The Bertz CT molecular complexity index is 696. The number of benzene rings is 1. The van der Waals surface area contributed by atoms with Crippen molar-refractivity contribution in [3.8, 4) is 5.75 Å². The number of aromatic nitrogens is 2. The van der Waals surface area contributed by atoms with Gasteiger partial charge in [-0.1, -0.05) is 35.5 Å². The molecule has 0 fully saturated rings. The minimum absolute atomic E-state index is 0.0911. The van der Waals surface area contributed by atoms with Gasteiger partial charge in [0.15, 0.2) is 6.61 Å². The molecule has 2 aromatic rings. The Morgan fingerprint density at radius 2 is 2.15 bits per heavy atom. The van der Waals surface area contributed by atoms with Gasteiger partial charge < -0.3 is 19.2 Å². The molecule has 9 heteroatoms. The number of nitrogens with zero attached hydrogens (tertiary/aromatic N) is 2. The highest BCUT2D eigenvalue weighted by atomic mass is 35.5. The minimum atomic E-state index is -0.0911. The molecule has 0 aliphatic heterocycles. The van der Waals surface area contributed by atoms with Gasteiger partial charge in [0.1, 0.15) is 5.75 Å².